The fourth-order valence-electron chi connectivity index (χ4n) is 2.33. The van der Waals surface area contributed by atoms with Crippen molar-refractivity contribution in [2.75, 3.05) is 6.54 Å². The molecule has 6 heteroatoms. The molecular weight excluding hydrogens is 297 g/mol. The molecule has 1 amide bonds. The number of amides is 1. The van der Waals surface area contributed by atoms with Gasteiger partial charge in [-0.2, -0.15) is 0 Å². The normalized spacial score (nSPS) is 19.0. The van der Waals surface area contributed by atoms with E-state index in [1.165, 1.54) is 35.3 Å². The Labute approximate surface area is 126 Å². The second-order valence-corrected chi connectivity index (χ2v) is 5.30. The number of hydrogen-bond acceptors (Lipinski definition) is 2. The molecule has 0 aliphatic carbocycles. The van der Waals surface area contributed by atoms with Crippen LogP contribution in [-0.4, -0.2) is 34.5 Å². The predicted octanol–water partition coefficient (Wildman–Crippen LogP) is 2.96. The first-order chi connectivity index (χ1) is 9.99. The number of carbonyl (C=O) groups is 2. The molecule has 0 radical (unpaired) electrons. The Bertz CT molecular complexity index is 588. The summed E-state index contributed by atoms with van der Waals surface area (Å²) in [7, 11) is 0. The van der Waals surface area contributed by atoms with Crippen LogP contribution in [0, 0.1) is 5.82 Å². The third kappa shape index (κ3) is 3.82. The standard InChI is InChI=1S/C15H15ClFNO3/c16-11-9-10(4-6-12(11)17)5-7-14(19)18-8-2-1-3-13(18)15(20)21/h4-7,9,13H,1-3,8H2,(H,20,21)/t13-/m1/s1. The van der Waals surface area contributed by atoms with E-state index in [2.05, 4.69) is 0 Å². The average Bonchev–Trinajstić information content (AvgIpc) is 2.48. The van der Waals surface area contributed by atoms with Crippen LogP contribution in [0.4, 0.5) is 4.39 Å². The van der Waals surface area contributed by atoms with Crippen molar-refractivity contribution < 1.29 is 19.1 Å². The molecule has 1 atom stereocenters. The van der Waals surface area contributed by atoms with Gasteiger partial charge in [-0.1, -0.05) is 17.7 Å². The monoisotopic (exact) mass is 311 g/mol. The van der Waals surface area contributed by atoms with E-state index >= 15 is 0 Å². The van der Waals surface area contributed by atoms with E-state index in [9.17, 15) is 14.0 Å². The third-order valence-electron chi connectivity index (χ3n) is 3.43. The second-order valence-electron chi connectivity index (χ2n) is 4.89. The summed E-state index contributed by atoms with van der Waals surface area (Å²) in [4.78, 5) is 24.6. The lowest BCUT2D eigenvalue weighted by molar-refractivity contribution is -0.150. The summed E-state index contributed by atoms with van der Waals surface area (Å²) in [6.07, 6.45) is 4.87. The van der Waals surface area contributed by atoms with Crippen molar-refractivity contribution in [1.29, 1.82) is 0 Å². The highest BCUT2D eigenvalue weighted by Gasteiger charge is 2.30. The molecule has 1 N–H and O–H groups in total. The molecule has 1 aromatic carbocycles. The van der Waals surface area contributed by atoms with Gasteiger partial charge in [-0.15, -0.1) is 0 Å². The minimum absolute atomic E-state index is 0.0222. The molecule has 1 fully saturated rings. The molecule has 1 saturated heterocycles. The van der Waals surface area contributed by atoms with Crippen molar-refractivity contribution in [3.8, 4) is 0 Å². The van der Waals surface area contributed by atoms with E-state index in [0.717, 1.165) is 12.8 Å². The van der Waals surface area contributed by atoms with Crippen LogP contribution in [0.1, 0.15) is 24.8 Å². The molecule has 0 bridgehead atoms. The number of carboxylic acids is 1. The predicted molar refractivity (Wildman–Crippen MR) is 77.4 cm³/mol. The van der Waals surface area contributed by atoms with Gasteiger partial charge >= 0.3 is 5.97 Å². The Kier molecular flexibility index (Phi) is 4.96. The molecule has 4 nitrogen and oxygen atoms in total. The van der Waals surface area contributed by atoms with Crippen molar-refractivity contribution in [3.63, 3.8) is 0 Å². The van der Waals surface area contributed by atoms with Crippen LogP contribution in [0.2, 0.25) is 5.02 Å². The molecule has 112 valence electrons. The number of likely N-dealkylation sites (tertiary alicyclic amines) is 1. The summed E-state index contributed by atoms with van der Waals surface area (Å²) in [5.74, 6) is -1.87. The van der Waals surface area contributed by atoms with Gasteiger partial charge in [-0.25, -0.2) is 9.18 Å². The summed E-state index contributed by atoms with van der Waals surface area (Å²) in [6, 6.07) is 3.35. The van der Waals surface area contributed by atoms with Gasteiger partial charge in [-0.3, -0.25) is 4.79 Å². The molecule has 0 spiro atoms. The molecule has 0 saturated carbocycles. The highest BCUT2D eigenvalue weighted by Crippen LogP contribution is 2.19. The summed E-state index contributed by atoms with van der Waals surface area (Å²) < 4.78 is 13.0. The average molecular weight is 312 g/mol. The van der Waals surface area contributed by atoms with Crippen LogP contribution in [-0.2, 0) is 9.59 Å². The van der Waals surface area contributed by atoms with Gasteiger partial charge in [0.1, 0.15) is 11.9 Å². The minimum Gasteiger partial charge on any atom is -0.480 e. The number of benzene rings is 1. The van der Waals surface area contributed by atoms with Gasteiger partial charge in [0.05, 0.1) is 5.02 Å². The van der Waals surface area contributed by atoms with Gasteiger partial charge in [0, 0.05) is 12.6 Å². The van der Waals surface area contributed by atoms with Gasteiger partial charge in [0.15, 0.2) is 0 Å². The van der Waals surface area contributed by atoms with Crippen molar-refractivity contribution in [2.24, 2.45) is 0 Å². The van der Waals surface area contributed by atoms with Crippen LogP contribution in [0.5, 0.6) is 0 Å². The maximum absolute atomic E-state index is 13.0. The number of nitrogens with zero attached hydrogens (tertiary/aromatic N) is 1. The zero-order valence-corrected chi connectivity index (χ0v) is 12.0. The maximum atomic E-state index is 13.0. The lowest BCUT2D eigenvalue weighted by atomic mass is 10.0. The maximum Gasteiger partial charge on any atom is 0.326 e. The Morgan fingerprint density at radius 3 is 2.81 bits per heavy atom. The Morgan fingerprint density at radius 1 is 1.38 bits per heavy atom. The molecule has 2 rings (SSSR count). The Morgan fingerprint density at radius 2 is 2.14 bits per heavy atom. The SMILES string of the molecule is O=C(O)[C@H]1CCCCN1C(=O)C=Cc1ccc(F)c(Cl)c1. The van der Waals surface area contributed by atoms with E-state index < -0.39 is 17.8 Å². The number of aliphatic carboxylic acids is 1. The number of hydrogen-bond donors (Lipinski definition) is 1. The van der Waals surface area contributed by atoms with Crippen molar-refractivity contribution >= 4 is 29.6 Å². The number of carbonyl (C=O) groups excluding carboxylic acids is 1. The third-order valence-corrected chi connectivity index (χ3v) is 3.72. The van der Waals surface area contributed by atoms with Gasteiger partial charge in [-0.05, 0) is 43.0 Å². The number of rotatable bonds is 3. The largest absolute Gasteiger partial charge is 0.480 e. The topological polar surface area (TPSA) is 57.6 Å². The van der Waals surface area contributed by atoms with E-state index in [1.54, 1.807) is 0 Å². The van der Waals surface area contributed by atoms with Gasteiger partial charge in [0.2, 0.25) is 5.91 Å². The number of carboxylic acid groups (broad SMARTS) is 1. The van der Waals surface area contributed by atoms with Crippen molar-refractivity contribution in [1.82, 2.24) is 4.90 Å². The van der Waals surface area contributed by atoms with E-state index in [4.69, 9.17) is 16.7 Å². The summed E-state index contributed by atoms with van der Waals surface area (Å²) >= 11 is 5.66. The Hall–Kier alpha value is -1.88. The zero-order valence-electron chi connectivity index (χ0n) is 11.3. The lowest BCUT2D eigenvalue weighted by Gasteiger charge is -2.32. The summed E-state index contributed by atoms with van der Waals surface area (Å²) in [5.41, 5.74) is 0.582. The first-order valence-corrected chi connectivity index (χ1v) is 7.03. The van der Waals surface area contributed by atoms with Crippen LogP contribution in [0.15, 0.2) is 24.3 Å². The highest BCUT2D eigenvalue weighted by molar-refractivity contribution is 6.30. The van der Waals surface area contributed by atoms with Gasteiger partial charge < -0.3 is 10.0 Å². The fourth-order valence-corrected chi connectivity index (χ4v) is 2.52. The lowest BCUT2D eigenvalue weighted by Crippen LogP contribution is -2.47. The molecule has 1 aliphatic rings. The molecule has 21 heavy (non-hydrogen) atoms. The van der Waals surface area contributed by atoms with Crippen LogP contribution < -0.4 is 0 Å². The molecule has 0 unspecified atom stereocenters. The molecule has 1 aromatic rings. The molecular formula is C15H15ClFNO3. The zero-order chi connectivity index (χ0) is 15.4. The molecule has 1 aliphatic heterocycles. The first kappa shape index (κ1) is 15.5. The summed E-state index contributed by atoms with van der Waals surface area (Å²) in [5, 5.41) is 9.11. The Balaban J connectivity index is 2.10. The van der Waals surface area contributed by atoms with E-state index in [-0.39, 0.29) is 10.9 Å². The van der Waals surface area contributed by atoms with Crippen molar-refractivity contribution in [2.45, 2.75) is 25.3 Å². The first-order valence-electron chi connectivity index (χ1n) is 6.65. The fraction of sp³-hybridized carbons (Fsp3) is 0.333. The van der Waals surface area contributed by atoms with Crippen LogP contribution >= 0.6 is 11.6 Å². The second kappa shape index (κ2) is 6.72. The molecule has 1 heterocycles. The van der Waals surface area contributed by atoms with E-state index in [1.807, 2.05) is 0 Å². The summed E-state index contributed by atoms with van der Waals surface area (Å²) in [6.45, 7) is 0.435. The van der Waals surface area contributed by atoms with E-state index in [0.29, 0.717) is 18.5 Å². The number of piperidine rings is 1. The minimum atomic E-state index is -0.985. The molecule has 0 aromatic heterocycles. The highest BCUT2D eigenvalue weighted by atomic mass is 35.5. The van der Waals surface area contributed by atoms with Crippen LogP contribution in [0.25, 0.3) is 6.08 Å². The number of halogens is 2. The smallest absolute Gasteiger partial charge is 0.326 e. The van der Waals surface area contributed by atoms with Crippen molar-refractivity contribution in [3.05, 3.63) is 40.7 Å². The van der Waals surface area contributed by atoms with Crippen LogP contribution in [0.3, 0.4) is 0 Å². The quantitative estimate of drug-likeness (QED) is 0.873. The van der Waals surface area contributed by atoms with Gasteiger partial charge in [0.25, 0.3) is 0 Å².